The van der Waals surface area contributed by atoms with E-state index in [1.165, 1.54) is 25.3 Å². The summed E-state index contributed by atoms with van der Waals surface area (Å²) in [7, 11) is 1.27. The van der Waals surface area contributed by atoms with Gasteiger partial charge in [-0.15, -0.1) is 11.3 Å². The van der Waals surface area contributed by atoms with E-state index in [-0.39, 0.29) is 56.0 Å². The first-order valence-corrected chi connectivity index (χ1v) is 15.1. The monoisotopic (exact) mass is 697 g/mol. The number of nitrogens with zero attached hydrogens (tertiary/aromatic N) is 1. The van der Waals surface area contributed by atoms with Gasteiger partial charge in [-0.05, 0) is 67.3 Å². The molecule has 1 aliphatic rings. The summed E-state index contributed by atoms with van der Waals surface area (Å²) in [6.45, 7) is 0.771. The number of methoxy groups -OCH3 is 1. The van der Waals surface area contributed by atoms with Gasteiger partial charge in [0.05, 0.1) is 29.5 Å². The van der Waals surface area contributed by atoms with Crippen LogP contribution in [0, 0.1) is 11.7 Å². The quantitative estimate of drug-likeness (QED) is 0.174. The van der Waals surface area contributed by atoms with Gasteiger partial charge in [0.1, 0.15) is 16.4 Å². The summed E-state index contributed by atoms with van der Waals surface area (Å²) in [6.07, 6.45) is -8.65. The molecule has 3 N–H and O–H groups in total. The van der Waals surface area contributed by atoms with E-state index in [9.17, 15) is 50.2 Å². The van der Waals surface area contributed by atoms with Gasteiger partial charge in [-0.2, -0.15) is 26.3 Å². The predicted octanol–water partition coefficient (Wildman–Crippen LogP) is 7.44. The Balaban J connectivity index is 1.51. The van der Waals surface area contributed by atoms with Crippen LogP contribution >= 0.6 is 11.3 Å². The van der Waals surface area contributed by atoms with Crippen LogP contribution in [0.2, 0.25) is 0 Å². The molecule has 3 amide bonds. The Bertz CT molecular complexity index is 1880. The summed E-state index contributed by atoms with van der Waals surface area (Å²) in [5.74, 6) is -3.88. The number of amides is 3. The lowest BCUT2D eigenvalue weighted by Gasteiger charge is -2.31. The normalized spacial score (nSPS) is 14.2. The standard InChI is InChI=1S/C32H26F7N3O5S/c1-47-24-7-2-17(30(46)42-10-8-16(15-43)9-11-42)12-21(24)28(44)41-26-20-5-3-18(31(34,35)36)13-25(20)48-27(26)29(45)40-19-4-6-23(33)22(14-19)32(37,38)39/h2-7,12-14,16,43H,8-11,15H2,1H3,(H,40,45)(H,41,44). The second kappa shape index (κ2) is 13.4. The second-order valence-corrected chi connectivity index (χ2v) is 12.0. The smallest absolute Gasteiger partial charge is 0.419 e. The Hall–Kier alpha value is -4.70. The van der Waals surface area contributed by atoms with Crippen LogP contribution < -0.4 is 15.4 Å². The summed E-state index contributed by atoms with van der Waals surface area (Å²) in [4.78, 5) is 41.6. The molecule has 3 aromatic carbocycles. The number of benzene rings is 3. The molecule has 1 fully saturated rings. The molecule has 0 bridgehead atoms. The van der Waals surface area contributed by atoms with Crippen molar-refractivity contribution in [1.82, 2.24) is 4.90 Å². The van der Waals surface area contributed by atoms with Crippen LogP contribution in [0.1, 0.15) is 54.4 Å². The molecule has 1 aliphatic heterocycles. The minimum Gasteiger partial charge on any atom is -0.496 e. The molecule has 0 unspecified atom stereocenters. The lowest BCUT2D eigenvalue weighted by molar-refractivity contribution is -0.140. The molecule has 1 aromatic heterocycles. The first kappa shape index (κ1) is 34.6. The lowest BCUT2D eigenvalue weighted by Crippen LogP contribution is -2.39. The molecule has 254 valence electrons. The fraction of sp³-hybridized carbons (Fsp3) is 0.281. The SMILES string of the molecule is COc1ccc(C(=O)N2CCC(CO)CC2)cc1C(=O)Nc1c(C(=O)Nc2ccc(F)c(C(F)(F)F)c2)sc2cc(C(F)(F)F)ccc12. The van der Waals surface area contributed by atoms with Gasteiger partial charge in [0.15, 0.2) is 0 Å². The topological polar surface area (TPSA) is 108 Å². The minimum atomic E-state index is -5.08. The molecule has 0 aliphatic carbocycles. The molecule has 16 heteroatoms. The van der Waals surface area contributed by atoms with Crippen LogP contribution in [0.4, 0.5) is 42.1 Å². The number of thiophene rings is 1. The number of ether oxygens (including phenoxy) is 1. The molecule has 5 rings (SSSR count). The highest BCUT2D eigenvalue weighted by molar-refractivity contribution is 7.21. The molecule has 0 atom stereocenters. The zero-order valence-electron chi connectivity index (χ0n) is 24.9. The van der Waals surface area contributed by atoms with Gasteiger partial charge >= 0.3 is 12.4 Å². The Kier molecular flexibility index (Phi) is 9.69. The Morgan fingerprint density at radius 1 is 0.917 bits per heavy atom. The number of nitrogens with one attached hydrogen (secondary N) is 2. The number of rotatable bonds is 7. The number of hydrogen-bond donors (Lipinski definition) is 3. The Morgan fingerprint density at radius 2 is 1.62 bits per heavy atom. The number of fused-ring (bicyclic) bond motifs is 1. The number of aliphatic hydroxyl groups excluding tert-OH is 1. The molecule has 0 spiro atoms. The summed E-state index contributed by atoms with van der Waals surface area (Å²) in [6, 6.07) is 8.35. The third-order valence-electron chi connectivity index (χ3n) is 7.84. The molecule has 4 aromatic rings. The van der Waals surface area contributed by atoms with E-state index in [2.05, 4.69) is 10.6 Å². The summed E-state index contributed by atoms with van der Waals surface area (Å²) >= 11 is 0.537. The highest BCUT2D eigenvalue weighted by atomic mass is 32.1. The highest BCUT2D eigenvalue weighted by Crippen LogP contribution is 2.41. The van der Waals surface area contributed by atoms with Crippen LogP contribution in [0.5, 0.6) is 5.75 Å². The first-order chi connectivity index (χ1) is 22.6. The van der Waals surface area contributed by atoms with E-state index in [0.29, 0.717) is 49.4 Å². The van der Waals surface area contributed by atoms with Crippen LogP contribution in [-0.4, -0.2) is 54.5 Å². The van der Waals surface area contributed by atoms with Crippen molar-refractivity contribution >= 4 is 50.5 Å². The van der Waals surface area contributed by atoms with Gasteiger partial charge in [0.25, 0.3) is 17.7 Å². The largest absolute Gasteiger partial charge is 0.496 e. The first-order valence-electron chi connectivity index (χ1n) is 14.3. The van der Waals surface area contributed by atoms with E-state index in [1.807, 2.05) is 0 Å². The van der Waals surface area contributed by atoms with Crippen molar-refractivity contribution in [2.24, 2.45) is 5.92 Å². The number of likely N-dealkylation sites (tertiary alicyclic amines) is 1. The van der Waals surface area contributed by atoms with Gasteiger partial charge in [-0.3, -0.25) is 14.4 Å². The molecular formula is C32H26F7N3O5S. The number of anilines is 2. The van der Waals surface area contributed by atoms with Crippen molar-refractivity contribution < 1.29 is 55.0 Å². The van der Waals surface area contributed by atoms with Gasteiger partial charge in [0, 0.05) is 41.0 Å². The van der Waals surface area contributed by atoms with Gasteiger partial charge in [-0.25, -0.2) is 4.39 Å². The van der Waals surface area contributed by atoms with Crippen molar-refractivity contribution in [2.45, 2.75) is 25.2 Å². The fourth-order valence-corrected chi connectivity index (χ4v) is 6.36. The average molecular weight is 698 g/mol. The van der Waals surface area contributed by atoms with E-state index in [4.69, 9.17) is 4.74 Å². The van der Waals surface area contributed by atoms with Crippen LogP contribution in [-0.2, 0) is 12.4 Å². The van der Waals surface area contributed by atoms with Gasteiger partial charge in [-0.1, -0.05) is 6.07 Å². The molecular weight excluding hydrogens is 671 g/mol. The molecule has 2 heterocycles. The van der Waals surface area contributed by atoms with Crippen LogP contribution in [0.15, 0.2) is 54.6 Å². The maximum absolute atomic E-state index is 13.8. The second-order valence-electron chi connectivity index (χ2n) is 10.9. The maximum Gasteiger partial charge on any atom is 0.419 e. The number of aliphatic hydroxyl groups is 1. The van der Waals surface area contributed by atoms with E-state index >= 15 is 0 Å². The summed E-state index contributed by atoms with van der Waals surface area (Å²) in [5.41, 5.74) is -3.45. The summed E-state index contributed by atoms with van der Waals surface area (Å²) in [5, 5.41) is 14.1. The van der Waals surface area contributed by atoms with Crippen molar-refractivity contribution in [1.29, 1.82) is 0 Å². The molecule has 48 heavy (non-hydrogen) atoms. The molecule has 1 saturated heterocycles. The number of carbonyl (C=O) groups is 3. The number of piperidine rings is 1. The molecule has 0 saturated carbocycles. The third kappa shape index (κ3) is 7.23. The van der Waals surface area contributed by atoms with E-state index < -0.39 is 46.8 Å². The average Bonchev–Trinajstić information content (AvgIpc) is 3.41. The maximum atomic E-state index is 13.8. The molecule has 0 radical (unpaired) electrons. The highest BCUT2D eigenvalue weighted by Gasteiger charge is 2.35. The number of alkyl halides is 6. The Labute approximate surface area is 272 Å². The van der Waals surface area contributed by atoms with Crippen LogP contribution in [0.3, 0.4) is 0 Å². The van der Waals surface area contributed by atoms with Crippen molar-refractivity contribution in [3.05, 3.63) is 87.5 Å². The summed E-state index contributed by atoms with van der Waals surface area (Å²) < 4.78 is 99.4. The number of carbonyl (C=O) groups excluding carboxylic acids is 3. The zero-order valence-corrected chi connectivity index (χ0v) is 25.7. The third-order valence-corrected chi connectivity index (χ3v) is 8.99. The zero-order chi connectivity index (χ0) is 35.0. The lowest BCUT2D eigenvalue weighted by atomic mass is 9.97. The predicted molar refractivity (Wildman–Crippen MR) is 163 cm³/mol. The molecule has 8 nitrogen and oxygen atoms in total. The number of hydrogen-bond acceptors (Lipinski definition) is 6. The van der Waals surface area contributed by atoms with Gasteiger partial charge < -0.3 is 25.4 Å². The van der Waals surface area contributed by atoms with E-state index in [1.54, 1.807) is 4.90 Å². The van der Waals surface area contributed by atoms with Crippen molar-refractivity contribution in [3.63, 3.8) is 0 Å². The van der Waals surface area contributed by atoms with Crippen molar-refractivity contribution in [3.8, 4) is 5.75 Å². The van der Waals surface area contributed by atoms with E-state index in [0.717, 1.165) is 24.3 Å². The number of halogens is 7. The van der Waals surface area contributed by atoms with Gasteiger partial charge in [0.2, 0.25) is 0 Å². The fourth-order valence-electron chi connectivity index (χ4n) is 5.27. The van der Waals surface area contributed by atoms with Crippen molar-refractivity contribution in [2.75, 3.05) is 37.4 Å². The van der Waals surface area contributed by atoms with Crippen LogP contribution in [0.25, 0.3) is 10.1 Å². The minimum absolute atomic E-state index is 0.00216. The Morgan fingerprint density at radius 3 is 2.25 bits per heavy atom.